The van der Waals surface area contributed by atoms with Gasteiger partial charge in [-0.1, -0.05) is 12.1 Å². The third-order valence-electron chi connectivity index (χ3n) is 3.40. The number of likely N-dealkylation sites (tertiary alicyclic amines) is 1. The van der Waals surface area contributed by atoms with E-state index in [0.29, 0.717) is 31.0 Å². The summed E-state index contributed by atoms with van der Waals surface area (Å²) in [7, 11) is 0. The number of nitrogen functional groups attached to an aromatic ring is 1. The molecule has 0 aliphatic carbocycles. The summed E-state index contributed by atoms with van der Waals surface area (Å²) in [6.45, 7) is 2.48. The number of rotatable bonds is 5. The number of ether oxygens (including phenoxy) is 2. The standard InChI is InChI=1S/C15H20N2O4/c1-2-20-15(19)12-7-5-9-17(12)14(18)10-21-13-8-4-3-6-11(13)16/h3-4,6,8,12H,2,5,7,9-10,16H2,1H3. The van der Waals surface area contributed by atoms with E-state index < -0.39 is 6.04 Å². The monoisotopic (exact) mass is 292 g/mol. The number of nitrogens with two attached hydrogens (primary N) is 1. The van der Waals surface area contributed by atoms with E-state index in [1.165, 1.54) is 4.90 Å². The average Bonchev–Trinajstić information content (AvgIpc) is 2.96. The van der Waals surface area contributed by atoms with Crippen LogP contribution in [0.4, 0.5) is 5.69 Å². The number of anilines is 1. The number of esters is 1. The molecule has 6 nitrogen and oxygen atoms in total. The number of amides is 1. The van der Waals surface area contributed by atoms with E-state index in [0.717, 1.165) is 6.42 Å². The molecule has 6 heteroatoms. The van der Waals surface area contributed by atoms with Gasteiger partial charge in [0.1, 0.15) is 11.8 Å². The van der Waals surface area contributed by atoms with Gasteiger partial charge in [0.05, 0.1) is 12.3 Å². The Bertz CT molecular complexity index is 518. The molecule has 1 saturated heterocycles. The van der Waals surface area contributed by atoms with Gasteiger partial charge in [-0.15, -0.1) is 0 Å². The van der Waals surface area contributed by atoms with Gasteiger partial charge >= 0.3 is 5.97 Å². The van der Waals surface area contributed by atoms with Crippen LogP contribution in [0.2, 0.25) is 0 Å². The highest BCUT2D eigenvalue weighted by Gasteiger charge is 2.35. The van der Waals surface area contributed by atoms with Crippen molar-refractivity contribution in [2.45, 2.75) is 25.8 Å². The minimum atomic E-state index is -0.492. The Hall–Kier alpha value is -2.24. The van der Waals surface area contributed by atoms with Crippen molar-refractivity contribution in [3.8, 4) is 5.75 Å². The zero-order chi connectivity index (χ0) is 15.2. The molecule has 1 aromatic carbocycles. The number of hydrogen-bond donors (Lipinski definition) is 1. The van der Waals surface area contributed by atoms with E-state index in [9.17, 15) is 9.59 Å². The highest BCUT2D eigenvalue weighted by atomic mass is 16.5. The van der Waals surface area contributed by atoms with Crippen LogP contribution in [-0.2, 0) is 14.3 Å². The molecule has 0 spiro atoms. The fourth-order valence-corrected chi connectivity index (χ4v) is 2.38. The summed E-state index contributed by atoms with van der Waals surface area (Å²) in [5.41, 5.74) is 6.23. The Morgan fingerprint density at radius 3 is 2.86 bits per heavy atom. The highest BCUT2D eigenvalue weighted by Crippen LogP contribution is 2.22. The van der Waals surface area contributed by atoms with Gasteiger partial charge in [-0.3, -0.25) is 4.79 Å². The van der Waals surface area contributed by atoms with Crippen molar-refractivity contribution in [2.75, 3.05) is 25.5 Å². The number of carbonyl (C=O) groups is 2. The van der Waals surface area contributed by atoms with Crippen LogP contribution in [0.5, 0.6) is 5.75 Å². The largest absolute Gasteiger partial charge is 0.482 e. The molecule has 1 aliphatic heterocycles. The lowest BCUT2D eigenvalue weighted by atomic mass is 10.2. The molecule has 2 N–H and O–H groups in total. The number of para-hydroxylation sites is 2. The topological polar surface area (TPSA) is 81.9 Å². The second-order valence-electron chi connectivity index (χ2n) is 4.82. The van der Waals surface area contributed by atoms with Gasteiger partial charge in [0.25, 0.3) is 5.91 Å². The molecule has 114 valence electrons. The number of benzene rings is 1. The van der Waals surface area contributed by atoms with Crippen LogP contribution in [0.3, 0.4) is 0 Å². The van der Waals surface area contributed by atoms with Crippen LogP contribution in [0.15, 0.2) is 24.3 Å². The fourth-order valence-electron chi connectivity index (χ4n) is 2.38. The van der Waals surface area contributed by atoms with E-state index in [-0.39, 0.29) is 18.5 Å². The first-order valence-corrected chi connectivity index (χ1v) is 7.07. The Kier molecular flexibility index (Phi) is 5.03. The molecule has 1 fully saturated rings. The lowest BCUT2D eigenvalue weighted by molar-refractivity contribution is -0.153. The van der Waals surface area contributed by atoms with Crippen LogP contribution >= 0.6 is 0 Å². The van der Waals surface area contributed by atoms with Crippen molar-refractivity contribution in [1.82, 2.24) is 4.90 Å². The number of hydrogen-bond acceptors (Lipinski definition) is 5. The quantitative estimate of drug-likeness (QED) is 0.651. The highest BCUT2D eigenvalue weighted by molar-refractivity contribution is 5.86. The SMILES string of the molecule is CCOC(=O)C1CCCN1C(=O)COc1ccccc1N. The van der Waals surface area contributed by atoms with E-state index >= 15 is 0 Å². The predicted molar refractivity (Wildman–Crippen MR) is 77.7 cm³/mol. The normalized spacial score (nSPS) is 17.6. The van der Waals surface area contributed by atoms with Gasteiger partial charge in [0, 0.05) is 6.54 Å². The second-order valence-corrected chi connectivity index (χ2v) is 4.82. The molecule has 2 rings (SSSR count). The lowest BCUT2D eigenvalue weighted by Crippen LogP contribution is -2.43. The molecule has 1 amide bonds. The predicted octanol–water partition coefficient (Wildman–Crippen LogP) is 1.20. The van der Waals surface area contributed by atoms with Gasteiger partial charge in [0.2, 0.25) is 0 Å². The molecule has 0 aromatic heterocycles. The summed E-state index contributed by atoms with van der Waals surface area (Å²) in [5.74, 6) is -0.103. The van der Waals surface area contributed by atoms with Crippen LogP contribution in [0.25, 0.3) is 0 Å². The molecule has 1 heterocycles. The van der Waals surface area contributed by atoms with Crippen LogP contribution in [0.1, 0.15) is 19.8 Å². The Morgan fingerprint density at radius 1 is 1.38 bits per heavy atom. The van der Waals surface area contributed by atoms with Gasteiger partial charge in [0.15, 0.2) is 6.61 Å². The van der Waals surface area contributed by atoms with E-state index in [1.54, 1.807) is 31.2 Å². The van der Waals surface area contributed by atoms with Crippen molar-refractivity contribution < 1.29 is 19.1 Å². The molecule has 1 aromatic rings. The van der Waals surface area contributed by atoms with E-state index in [1.807, 2.05) is 0 Å². The van der Waals surface area contributed by atoms with Crippen molar-refractivity contribution in [3.05, 3.63) is 24.3 Å². The third-order valence-corrected chi connectivity index (χ3v) is 3.40. The zero-order valence-corrected chi connectivity index (χ0v) is 12.1. The maximum atomic E-state index is 12.2. The maximum absolute atomic E-state index is 12.2. The van der Waals surface area contributed by atoms with Crippen molar-refractivity contribution >= 4 is 17.6 Å². The van der Waals surface area contributed by atoms with E-state index in [4.69, 9.17) is 15.2 Å². The summed E-state index contributed by atoms with van der Waals surface area (Å²) in [6.07, 6.45) is 1.43. The third kappa shape index (κ3) is 3.65. The van der Waals surface area contributed by atoms with E-state index in [2.05, 4.69) is 0 Å². The summed E-state index contributed by atoms with van der Waals surface area (Å²) in [5, 5.41) is 0. The first-order chi connectivity index (χ1) is 10.1. The summed E-state index contributed by atoms with van der Waals surface area (Å²) < 4.78 is 10.4. The second kappa shape index (κ2) is 6.97. The summed E-state index contributed by atoms with van der Waals surface area (Å²) >= 11 is 0. The molecule has 1 atom stereocenters. The Morgan fingerprint density at radius 2 is 2.14 bits per heavy atom. The van der Waals surface area contributed by atoms with Crippen molar-refractivity contribution in [2.24, 2.45) is 0 Å². The van der Waals surface area contributed by atoms with Gasteiger partial charge in [-0.2, -0.15) is 0 Å². The Balaban J connectivity index is 1.93. The molecular formula is C15H20N2O4. The minimum Gasteiger partial charge on any atom is -0.482 e. The smallest absolute Gasteiger partial charge is 0.328 e. The summed E-state index contributed by atoms with van der Waals surface area (Å²) in [4.78, 5) is 25.5. The van der Waals surface area contributed by atoms with Gasteiger partial charge in [-0.05, 0) is 31.9 Å². The van der Waals surface area contributed by atoms with Gasteiger partial charge < -0.3 is 20.1 Å². The number of nitrogens with zero attached hydrogens (tertiary/aromatic N) is 1. The summed E-state index contributed by atoms with van der Waals surface area (Å²) in [6, 6.07) is 6.50. The molecule has 21 heavy (non-hydrogen) atoms. The molecule has 0 saturated carbocycles. The van der Waals surface area contributed by atoms with Crippen LogP contribution in [-0.4, -0.2) is 42.6 Å². The molecule has 0 radical (unpaired) electrons. The fraction of sp³-hybridized carbons (Fsp3) is 0.467. The first-order valence-electron chi connectivity index (χ1n) is 7.07. The minimum absolute atomic E-state index is 0.135. The molecule has 1 aliphatic rings. The zero-order valence-electron chi connectivity index (χ0n) is 12.1. The van der Waals surface area contributed by atoms with Crippen LogP contribution in [0, 0.1) is 0 Å². The van der Waals surface area contributed by atoms with Crippen molar-refractivity contribution in [3.63, 3.8) is 0 Å². The van der Waals surface area contributed by atoms with Gasteiger partial charge in [-0.25, -0.2) is 4.79 Å². The molecule has 1 unspecified atom stereocenters. The maximum Gasteiger partial charge on any atom is 0.328 e. The Labute approximate surface area is 123 Å². The lowest BCUT2D eigenvalue weighted by Gasteiger charge is -2.23. The van der Waals surface area contributed by atoms with Crippen LogP contribution < -0.4 is 10.5 Å². The molecular weight excluding hydrogens is 272 g/mol. The average molecular weight is 292 g/mol. The number of carbonyl (C=O) groups excluding carboxylic acids is 2. The first kappa shape index (κ1) is 15.2. The molecule has 0 bridgehead atoms. The van der Waals surface area contributed by atoms with Crippen molar-refractivity contribution in [1.29, 1.82) is 0 Å².